The lowest BCUT2D eigenvalue weighted by molar-refractivity contribution is -0.142. The van der Waals surface area contributed by atoms with Crippen LogP contribution >= 0.6 is 11.8 Å². The molecule has 3 heterocycles. The van der Waals surface area contributed by atoms with Crippen LogP contribution in [0.25, 0.3) is 0 Å². The molecule has 3 aliphatic rings. The van der Waals surface area contributed by atoms with E-state index in [1.807, 2.05) is 55.9 Å². The first-order valence-corrected chi connectivity index (χ1v) is 12.1. The highest BCUT2D eigenvalue weighted by Gasteiger charge is 2.42. The number of benzene rings is 1. The van der Waals surface area contributed by atoms with Gasteiger partial charge < -0.3 is 19.3 Å². The Morgan fingerprint density at radius 3 is 2.52 bits per heavy atom. The highest BCUT2D eigenvalue weighted by molar-refractivity contribution is 8.16. The van der Waals surface area contributed by atoms with Gasteiger partial charge in [-0.05, 0) is 51.2 Å². The van der Waals surface area contributed by atoms with Crippen molar-refractivity contribution in [3.8, 4) is 0 Å². The van der Waals surface area contributed by atoms with Crippen molar-refractivity contribution in [2.24, 2.45) is 4.99 Å². The maximum Gasteiger partial charge on any atom is 0.338 e. The van der Waals surface area contributed by atoms with Crippen LogP contribution < -0.4 is 0 Å². The number of hydrogen-bond donors (Lipinski definition) is 0. The Kier molecular flexibility index (Phi) is 6.68. The molecule has 0 bridgehead atoms. The predicted octanol–water partition coefficient (Wildman–Crippen LogP) is 4.08. The molecule has 1 fully saturated rings. The fraction of sp³-hybridized carbons (Fsp3) is 0.480. The van der Waals surface area contributed by atoms with Crippen LogP contribution in [0.4, 0.5) is 0 Å². The molecule has 3 atom stereocenters. The van der Waals surface area contributed by atoms with E-state index in [1.165, 1.54) is 18.9 Å². The Balaban J connectivity index is 1.70. The largest absolute Gasteiger partial charge is 0.466 e. The number of carbonyl (C=O) groups is 2. The molecule has 0 aliphatic carbocycles. The molecule has 0 radical (unpaired) electrons. The number of morpholine rings is 1. The van der Waals surface area contributed by atoms with Crippen LogP contribution in [-0.2, 0) is 19.1 Å². The molecular formula is C25H31N3O4S. The van der Waals surface area contributed by atoms with Gasteiger partial charge in [-0.1, -0.05) is 35.5 Å². The van der Waals surface area contributed by atoms with Crippen LogP contribution in [0.3, 0.4) is 0 Å². The fourth-order valence-electron chi connectivity index (χ4n) is 4.82. The summed E-state index contributed by atoms with van der Waals surface area (Å²) in [6, 6.07) is 5.82. The monoisotopic (exact) mass is 469 g/mol. The van der Waals surface area contributed by atoms with E-state index < -0.39 is 12.0 Å². The van der Waals surface area contributed by atoms with Crippen LogP contribution in [0.2, 0.25) is 0 Å². The number of amides is 1. The molecule has 0 unspecified atom stereocenters. The molecule has 0 N–H and O–H groups in total. The van der Waals surface area contributed by atoms with E-state index in [2.05, 4.69) is 12.1 Å². The second kappa shape index (κ2) is 9.35. The van der Waals surface area contributed by atoms with Crippen molar-refractivity contribution in [1.29, 1.82) is 0 Å². The topological polar surface area (TPSA) is 71.4 Å². The van der Waals surface area contributed by atoms with E-state index in [-0.39, 0.29) is 24.5 Å². The molecule has 4 rings (SSSR count). The molecular weight excluding hydrogens is 438 g/mol. The second-order valence-corrected chi connectivity index (χ2v) is 9.81. The molecule has 8 heteroatoms. The van der Waals surface area contributed by atoms with Crippen LogP contribution in [0.5, 0.6) is 0 Å². The van der Waals surface area contributed by atoms with Crippen molar-refractivity contribution >= 4 is 28.8 Å². The van der Waals surface area contributed by atoms with Gasteiger partial charge in [-0.2, -0.15) is 0 Å². The zero-order valence-electron chi connectivity index (χ0n) is 20.0. The van der Waals surface area contributed by atoms with Gasteiger partial charge in [0.2, 0.25) is 5.91 Å². The summed E-state index contributed by atoms with van der Waals surface area (Å²) < 4.78 is 10.9. The number of methoxy groups -OCH3 is 1. The van der Waals surface area contributed by atoms with Crippen molar-refractivity contribution < 1.29 is 19.1 Å². The van der Waals surface area contributed by atoms with Crippen molar-refractivity contribution in [3.63, 3.8) is 0 Å². The maximum atomic E-state index is 13.3. The third-order valence-corrected chi connectivity index (χ3v) is 7.12. The molecule has 1 aromatic rings. The summed E-state index contributed by atoms with van der Waals surface area (Å²) in [6.45, 7) is 11.1. The third-order valence-electron chi connectivity index (χ3n) is 6.23. The van der Waals surface area contributed by atoms with Crippen LogP contribution in [0.15, 0.2) is 45.6 Å². The molecule has 0 aromatic heterocycles. The fourth-order valence-corrected chi connectivity index (χ4v) is 5.78. The number of aliphatic imine (C=N–C) groups is 1. The van der Waals surface area contributed by atoms with Crippen molar-refractivity contribution in [2.45, 2.75) is 59.3 Å². The van der Waals surface area contributed by atoms with Gasteiger partial charge in [0.25, 0.3) is 0 Å². The Morgan fingerprint density at radius 1 is 1.18 bits per heavy atom. The van der Waals surface area contributed by atoms with Crippen LogP contribution in [-0.4, -0.2) is 59.3 Å². The summed E-state index contributed by atoms with van der Waals surface area (Å²) >= 11 is 1.49. The zero-order chi connectivity index (χ0) is 23.9. The number of rotatable bonds is 4. The number of allylic oxidation sites excluding steroid dienone is 1. The maximum absolute atomic E-state index is 13.3. The molecule has 1 amide bonds. The van der Waals surface area contributed by atoms with E-state index >= 15 is 0 Å². The number of thioether (sulfide) groups is 1. The number of esters is 1. The Morgan fingerprint density at radius 2 is 1.88 bits per heavy atom. The molecule has 0 spiro atoms. The minimum absolute atomic E-state index is 0.0104. The van der Waals surface area contributed by atoms with Gasteiger partial charge in [0.15, 0.2) is 5.17 Å². The zero-order valence-corrected chi connectivity index (χ0v) is 20.9. The number of aryl methyl sites for hydroxylation is 2. The van der Waals surface area contributed by atoms with Gasteiger partial charge in [0, 0.05) is 18.8 Å². The van der Waals surface area contributed by atoms with Crippen LogP contribution in [0, 0.1) is 13.8 Å². The number of hydrogen-bond acceptors (Lipinski definition) is 7. The van der Waals surface area contributed by atoms with E-state index in [0.29, 0.717) is 24.4 Å². The summed E-state index contributed by atoms with van der Waals surface area (Å²) in [6.07, 6.45) is 0.257. The van der Waals surface area contributed by atoms with Gasteiger partial charge in [0.05, 0.1) is 43.1 Å². The standard InChI is InChI=1S/C25H31N3O4S/c1-14-7-8-20(15(2)9-14)23-22(24(30)31-6)18(5)26-25-28(23)19(13-33-25)10-21(29)27-11-16(3)32-17(4)12-27/h7-9,13,16-17,23H,10-12H2,1-6H3/t16-,17+,23-/m1/s1. The molecule has 0 saturated carbocycles. The minimum Gasteiger partial charge on any atom is -0.466 e. The summed E-state index contributed by atoms with van der Waals surface area (Å²) in [5.74, 6) is -0.353. The predicted molar refractivity (Wildman–Crippen MR) is 130 cm³/mol. The molecule has 176 valence electrons. The highest BCUT2D eigenvalue weighted by atomic mass is 32.2. The van der Waals surface area contributed by atoms with E-state index in [0.717, 1.165) is 27.6 Å². The van der Waals surface area contributed by atoms with Gasteiger partial charge in [-0.15, -0.1) is 0 Å². The SMILES string of the molecule is COC(=O)C1=C(C)N=C2SC=C(CC(=O)N3C[C@@H](C)O[C@@H](C)C3)N2[C@@H]1c1ccc(C)cc1C. The smallest absolute Gasteiger partial charge is 0.338 e. The lowest BCUT2D eigenvalue weighted by Crippen LogP contribution is -2.48. The Hall–Kier alpha value is -2.58. The molecule has 7 nitrogen and oxygen atoms in total. The average molecular weight is 470 g/mol. The first-order chi connectivity index (χ1) is 15.7. The van der Waals surface area contributed by atoms with E-state index in [1.54, 1.807) is 0 Å². The molecule has 3 aliphatic heterocycles. The van der Waals surface area contributed by atoms with E-state index in [4.69, 9.17) is 14.5 Å². The lowest BCUT2D eigenvalue weighted by Gasteiger charge is -2.38. The summed E-state index contributed by atoms with van der Waals surface area (Å²) in [7, 11) is 1.39. The number of fused-ring (bicyclic) bond motifs is 1. The first kappa shape index (κ1) is 23.6. The quantitative estimate of drug-likeness (QED) is 0.619. The summed E-state index contributed by atoms with van der Waals surface area (Å²) in [5, 5.41) is 2.75. The summed E-state index contributed by atoms with van der Waals surface area (Å²) in [4.78, 5) is 34.8. The second-order valence-electron chi connectivity index (χ2n) is 8.98. The number of amidine groups is 1. The number of ether oxygens (including phenoxy) is 2. The lowest BCUT2D eigenvalue weighted by atomic mass is 9.90. The summed E-state index contributed by atoms with van der Waals surface area (Å²) in [5.41, 5.74) is 5.22. The Bertz CT molecular complexity index is 1070. The third kappa shape index (κ3) is 4.59. The van der Waals surface area contributed by atoms with Crippen molar-refractivity contribution in [1.82, 2.24) is 9.80 Å². The normalized spacial score (nSPS) is 25.0. The molecule has 33 heavy (non-hydrogen) atoms. The van der Waals surface area contributed by atoms with Crippen molar-refractivity contribution in [2.75, 3.05) is 20.2 Å². The van der Waals surface area contributed by atoms with Gasteiger partial charge >= 0.3 is 5.97 Å². The molecule has 1 saturated heterocycles. The number of carbonyl (C=O) groups excluding carboxylic acids is 2. The Labute approximate surface area is 199 Å². The molecule has 1 aromatic carbocycles. The van der Waals surface area contributed by atoms with Crippen LogP contribution in [0.1, 0.15) is 49.9 Å². The van der Waals surface area contributed by atoms with Crippen molar-refractivity contribution in [3.05, 3.63) is 57.3 Å². The number of nitrogens with zero attached hydrogens (tertiary/aromatic N) is 3. The van der Waals surface area contributed by atoms with E-state index in [9.17, 15) is 9.59 Å². The first-order valence-electron chi connectivity index (χ1n) is 11.2. The minimum atomic E-state index is -0.404. The van der Waals surface area contributed by atoms with Gasteiger partial charge in [-0.3, -0.25) is 4.79 Å². The van der Waals surface area contributed by atoms with Gasteiger partial charge in [-0.25, -0.2) is 9.79 Å². The highest BCUT2D eigenvalue weighted by Crippen LogP contribution is 2.45. The van der Waals surface area contributed by atoms with Gasteiger partial charge in [0.1, 0.15) is 0 Å². The average Bonchev–Trinajstić information content (AvgIpc) is 3.13.